The molecule has 0 fully saturated rings. The molecule has 2 heterocycles. The predicted octanol–water partition coefficient (Wildman–Crippen LogP) is 5.32. The molecular weight excluding hydrogens is 478 g/mol. The van der Waals surface area contributed by atoms with Crippen LogP contribution in [0.15, 0.2) is 69.5 Å². The van der Waals surface area contributed by atoms with Crippen molar-refractivity contribution in [2.24, 2.45) is 0 Å². The van der Waals surface area contributed by atoms with Crippen molar-refractivity contribution in [1.29, 1.82) is 0 Å². The number of hydrogen-bond acceptors (Lipinski definition) is 5. The van der Waals surface area contributed by atoms with E-state index in [9.17, 15) is 9.59 Å². The van der Waals surface area contributed by atoms with E-state index in [1.807, 2.05) is 41.8 Å². The van der Waals surface area contributed by atoms with Crippen molar-refractivity contribution in [2.45, 2.75) is 19.9 Å². The highest BCUT2D eigenvalue weighted by atomic mass is 79.9. The highest BCUT2D eigenvalue weighted by molar-refractivity contribution is 9.10. The summed E-state index contributed by atoms with van der Waals surface area (Å²) in [4.78, 5) is 30.6. The van der Waals surface area contributed by atoms with Gasteiger partial charge in [0.05, 0.1) is 18.3 Å². The predicted molar refractivity (Wildman–Crippen MR) is 128 cm³/mol. The summed E-state index contributed by atoms with van der Waals surface area (Å²) in [7, 11) is 0. The Morgan fingerprint density at radius 1 is 1.16 bits per heavy atom. The second-order valence-electron chi connectivity index (χ2n) is 6.94. The van der Waals surface area contributed by atoms with Crippen molar-refractivity contribution >= 4 is 49.1 Å². The molecule has 0 saturated carbocycles. The van der Waals surface area contributed by atoms with Crippen LogP contribution in [0.25, 0.3) is 21.3 Å². The summed E-state index contributed by atoms with van der Waals surface area (Å²) in [5, 5.41) is 5.24. The minimum Gasteiger partial charge on any atom is -0.494 e. The molecule has 0 bridgehead atoms. The second kappa shape index (κ2) is 9.45. The van der Waals surface area contributed by atoms with Gasteiger partial charge >= 0.3 is 0 Å². The summed E-state index contributed by atoms with van der Waals surface area (Å²) in [5.41, 5.74) is 2.14. The smallest absolute Gasteiger partial charge is 0.263 e. The first-order valence-corrected chi connectivity index (χ1v) is 11.5. The van der Waals surface area contributed by atoms with Crippen LogP contribution in [0.1, 0.15) is 13.3 Å². The average Bonchev–Trinajstić information content (AvgIpc) is 3.21. The van der Waals surface area contributed by atoms with Crippen LogP contribution in [0, 0.1) is 0 Å². The Kier molecular flexibility index (Phi) is 6.48. The lowest BCUT2D eigenvalue weighted by molar-refractivity contribution is -0.116. The molecule has 6 nitrogen and oxygen atoms in total. The van der Waals surface area contributed by atoms with E-state index in [1.165, 1.54) is 22.2 Å². The number of carbonyl (C=O) groups excluding carboxylic acids is 1. The summed E-state index contributed by atoms with van der Waals surface area (Å²) < 4.78 is 7.90. The second-order valence-corrected chi connectivity index (χ2v) is 8.71. The third-order valence-electron chi connectivity index (χ3n) is 4.64. The summed E-state index contributed by atoms with van der Waals surface area (Å²) in [5.74, 6) is 0.505. The van der Waals surface area contributed by atoms with Gasteiger partial charge in [0.1, 0.15) is 17.1 Å². The number of hydrogen-bond donors (Lipinski definition) is 1. The number of rotatable bonds is 7. The van der Waals surface area contributed by atoms with Gasteiger partial charge in [0.25, 0.3) is 5.56 Å². The Morgan fingerprint density at radius 3 is 2.61 bits per heavy atom. The molecule has 1 amide bonds. The van der Waals surface area contributed by atoms with Crippen molar-refractivity contribution < 1.29 is 9.53 Å². The first-order valence-electron chi connectivity index (χ1n) is 9.80. The van der Waals surface area contributed by atoms with Gasteiger partial charge in [0.2, 0.25) is 5.91 Å². The van der Waals surface area contributed by atoms with Gasteiger partial charge in [0.15, 0.2) is 0 Å². The summed E-state index contributed by atoms with van der Waals surface area (Å²) in [6.45, 7) is 2.61. The first-order chi connectivity index (χ1) is 15.0. The highest BCUT2D eigenvalue weighted by Gasteiger charge is 2.15. The Morgan fingerprint density at radius 2 is 1.90 bits per heavy atom. The van der Waals surface area contributed by atoms with Gasteiger partial charge in [-0.1, -0.05) is 35.0 Å². The molecule has 0 unspecified atom stereocenters. The fourth-order valence-electron chi connectivity index (χ4n) is 3.13. The van der Waals surface area contributed by atoms with E-state index in [1.54, 1.807) is 12.1 Å². The number of aromatic nitrogens is 2. The molecular formula is C23H20BrN3O3S. The summed E-state index contributed by atoms with van der Waals surface area (Å²) >= 11 is 4.77. The average molecular weight is 498 g/mol. The van der Waals surface area contributed by atoms with Crippen LogP contribution in [-0.2, 0) is 11.3 Å². The number of halogens is 1. The number of anilines is 1. The molecule has 0 aliphatic carbocycles. The molecule has 0 spiro atoms. The molecule has 0 radical (unpaired) electrons. The van der Waals surface area contributed by atoms with Gasteiger partial charge in [-0.25, -0.2) is 4.98 Å². The lowest BCUT2D eigenvalue weighted by atomic mass is 10.1. The molecule has 0 aliphatic rings. The maximum Gasteiger partial charge on any atom is 0.263 e. The molecule has 0 saturated heterocycles. The largest absolute Gasteiger partial charge is 0.494 e. The topological polar surface area (TPSA) is 73.2 Å². The quantitative estimate of drug-likeness (QED) is 0.375. The Labute approximate surface area is 191 Å². The zero-order valence-electron chi connectivity index (χ0n) is 16.8. The molecule has 4 rings (SSSR count). The van der Waals surface area contributed by atoms with E-state index in [-0.39, 0.29) is 18.0 Å². The normalized spacial score (nSPS) is 10.9. The lowest BCUT2D eigenvalue weighted by Gasteiger charge is -2.08. The summed E-state index contributed by atoms with van der Waals surface area (Å²) in [6, 6.07) is 14.9. The Bertz CT molecular complexity index is 1260. The molecule has 1 N–H and O–H groups in total. The Balaban J connectivity index is 1.59. The minimum absolute atomic E-state index is 0.114. The van der Waals surface area contributed by atoms with Gasteiger partial charge in [-0.2, -0.15) is 0 Å². The van der Waals surface area contributed by atoms with Crippen molar-refractivity contribution in [3.63, 3.8) is 0 Å². The number of carbonyl (C=O) groups is 1. The molecule has 8 heteroatoms. The van der Waals surface area contributed by atoms with Crippen molar-refractivity contribution in [3.05, 3.63) is 75.1 Å². The van der Waals surface area contributed by atoms with Crippen LogP contribution in [-0.4, -0.2) is 22.1 Å². The molecule has 0 atom stereocenters. The Hall–Kier alpha value is -2.97. The highest BCUT2D eigenvalue weighted by Crippen LogP contribution is 2.31. The standard InChI is InChI=1S/C23H20BrN3O3S/c1-2-11-30-18-9-3-15(4-10-18)19-13-31-22-21(19)23(29)27(14-25-22)12-20(28)26-17-7-5-16(24)6-8-17/h3-10,13-14H,2,11-12H2,1H3,(H,26,28). The molecule has 2 aromatic heterocycles. The third kappa shape index (κ3) is 4.86. The van der Waals surface area contributed by atoms with E-state index in [0.29, 0.717) is 22.5 Å². The van der Waals surface area contributed by atoms with E-state index >= 15 is 0 Å². The van der Waals surface area contributed by atoms with Gasteiger partial charge in [-0.3, -0.25) is 14.2 Å². The van der Waals surface area contributed by atoms with Crippen molar-refractivity contribution in [3.8, 4) is 16.9 Å². The fourth-order valence-corrected chi connectivity index (χ4v) is 4.30. The SMILES string of the molecule is CCCOc1ccc(-c2csc3ncn(CC(=O)Nc4ccc(Br)cc4)c(=O)c23)cc1. The number of nitrogens with zero attached hydrogens (tertiary/aromatic N) is 2. The van der Waals surface area contributed by atoms with Gasteiger partial charge in [-0.15, -0.1) is 11.3 Å². The van der Waals surface area contributed by atoms with Gasteiger partial charge in [0, 0.05) is 21.1 Å². The number of amides is 1. The van der Waals surface area contributed by atoms with E-state index in [4.69, 9.17) is 4.74 Å². The van der Waals surface area contributed by atoms with Crippen LogP contribution < -0.4 is 15.6 Å². The minimum atomic E-state index is -0.292. The van der Waals surface area contributed by atoms with Crippen LogP contribution in [0.2, 0.25) is 0 Å². The number of fused-ring (bicyclic) bond motifs is 1. The maximum absolute atomic E-state index is 13.1. The van der Waals surface area contributed by atoms with Crippen LogP contribution >= 0.6 is 27.3 Å². The number of nitrogens with one attached hydrogen (secondary N) is 1. The summed E-state index contributed by atoms with van der Waals surface area (Å²) in [6.07, 6.45) is 2.37. The van der Waals surface area contributed by atoms with Gasteiger partial charge < -0.3 is 10.1 Å². The van der Waals surface area contributed by atoms with Gasteiger partial charge in [-0.05, 0) is 48.4 Å². The molecule has 4 aromatic rings. The number of benzene rings is 2. The van der Waals surface area contributed by atoms with E-state index < -0.39 is 0 Å². The zero-order chi connectivity index (χ0) is 21.8. The maximum atomic E-state index is 13.1. The molecule has 31 heavy (non-hydrogen) atoms. The number of thiophene rings is 1. The molecule has 2 aromatic carbocycles. The fraction of sp³-hybridized carbons (Fsp3) is 0.174. The molecule has 158 valence electrons. The van der Waals surface area contributed by atoms with Crippen LogP contribution in [0.4, 0.5) is 5.69 Å². The first kappa shape index (κ1) is 21.3. The number of ether oxygens (including phenoxy) is 1. The van der Waals surface area contributed by atoms with E-state index in [0.717, 1.165) is 27.8 Å². The third-order valence-corrected chi connectivity index (χ3v) is 6.06. The lowest BCUT2D eigenvalue weighted by Crippen LogP contribution is -2.27. The van der Waals surface area contributed by atoms with E-state index in [2.05, 4.69) is 33.2 Å². The van der Waals surface area contributed by atoms with Crippen molar-refractivity contribution in [1.82, 2.24) is 9.55 Å². The monoisotopic (exact) mass is 497 g/mol. The van der Waals surface area contributed by atoms with Crippen LogP contribution in [0.5, 0.6) is 5.75 Å². The van der Waals surface area contributed by atoms with Crippen molar-refractivity contribution in [2.75, 3.05) is 11.9 Å². The zero-order valence-corrected chi connectivity index (χ0v) is 19.2. The van der Waals surface area contributed by atoms with Crippen LogP contribution in [0.3, 0.4) is 0 Å². The molecule has 0 aliphatic heterocycles.